The van der Waals surface area contributed by atoms with Crippen molar-refractivity contribution in [3.8, 4) is 0 Å². The van der Waals surface area contributed by atoms with Gasteiger partial charge in [-0.1, -0.05) is 13.0 Å². The number of aryl methyl sites for hydroxylation is 1. The van der Waals surface area contributed by atoms with Gasteiger partial charge in [0.05, 0.1) is 6.04 Å². The van der Waals surface area contributed by atoms with E-state index in [1.807, 2.05) is 12.3 Å². The average Bonchev–Trinajstić information content (AvgIpc) is 2.39. The predicted molar refractivity (Wildman–Crippen MR) is 66.2 cm³/mol. The van der Waals surface area contributed by atoms with Gasteiger partial charge in [-0.3, -0.25) is 16.3 Å². The highest BCUT2D eigenvalue weighted by Gasteiger charge is 2.20. The lowest BCUT2D eigenvalue weighted by Gasteiger charge is -2.23. The monoisotopic (exact) mass is 239 g/mol. The molecule has 1 heterocycles. The van der Waals surface area contributed by atoms with Gasteiger partial charge in [-0.2, -0.15) is 0 Å². The Morgan fingerprint density at radius 3 is 2.47 bits per heavy atom. The summed E-state index contributed by atoms with van der Waals surface area (Å²) in [6.07, 6.45) is 3.15. The molecule has 0 aliphatic heterocycles. The van der Waals surface area contributed by atoms with Crippen LogP contribution < -0.4 is 11.3 Å². The third-order valence-corrected chi connectivity index (χ3v) is 2.73. The fourth-order valence-corrected chi connectivity index (χ4v) is 1.67. The molecule has 5 nitrogen and oxygen atoms in total. The Morgan fingerprint density at radius 1 is 1.35 bits per heavy atom. The number of nitrogens with one attached hydrogen (secondary N) is 1. The van der Waals surface area contributed by atoms with Crippen molar-refractivity contribution in [1.29, 1.82) is 0 Å². The van der Waals surface area contributed by atoms with Crippen LogP contribution in [0.15, 0.2) is 18.3 Å². The van der Waals surface area contributed by atoms with Crippen molar-refractivity contribution in [3.05, 3.63) is 29.6 Å². The van der Waals surface area contributed by atoms with Crippen LogP contribution in [0.1, 0.15) is 18.2 Å². The number of nitrogens with zero attached hydrogens (tertiary/aromatic N) is 1. The van der Waals surface area contributed by atoms with Crippen molar-refractivity contribution in [2.75, 3.05) is 14.2 Å². The number of methoxy groups -OCH3 is 2. The SMILES string of the molecule is CCc1ccc(CC(NN)C(OC)OC)nc1. The molecule has 1 aromatic rings. The maximum Gasteiger partial charge on any atom is 0.173 e. The first-order valence-corrected chi connectivity index (χ1v) is 5.70. The molecule has 0 aliphatic carbocycles. The number of rotatable bonds is 7. The lowest BCUT2D eigenvalue weighted by molar-refractivity contribution is -0.122. The van der Waals surface area contributed by atoms with Crippen LogP contribution in [0.25, 0.3) is 0 Å². The molecule has 0 aliphatic rings. The summed E-state index contributed by atoms with van der Waals surface area (Å²) in [5, 5.41) is 0. The highest BCUT2D eigenvalue weighted by atomic mass is 16.7. The molecule has 1 unspecified atom stereocenters. The van der Waals surface area contributed by atoms with Gasteiger partial charge in [0.15, 0.2) is 6.29 Å². The highest BCUT2D eigenvalue weighted by Crippen LogP contribution is 2.08. The number of hydrazine groups is 1. The summed E-state index contributed by atoms with van der Waals surface area (Å²) in [4.78, 5) is 4.38. The maximum atomic E-state index is 5.49. The molecule has 0 saturated heterocycles. The Kier molecular flexibility index (Phi) is 6.07. The molecule has 17 heavy (non-hydrogen) atoms. The summed E-state index contributed by atoms with van der Waals surface area (Å²) < 4.78 is 10.4. The van der Waals surface area contributed by atoms with E-state index in [1.54, 1.807) is 14.2 Å². The quantitative estimate of drug-likeness (QED) is 0.415. The molecular formula is C12H21N3O2. The molecule has 0 radical (unpaired) electrons. The molecule has 0 fully saturated rings. The van der Waals surface area contributed by atoms with Crippen LogP contribution in [0.4, 0.5) is 0 Å². The third kappa shape index (κ3) is 4.05. The molecule has 0 amide bonds. The van der Waals surface area contributed by atoms with Crippen molar-refractivity contribution in [2.45, 2.75) is 32.1 Å². The standard InChI is InChI=1S/C12H21N3O2/c1-4-9-5-6-10(14-8-9)7-11(15-13)12(16-2)17-3/h5-6,8,11-12,15H,4,7,13H2,1-3H3. The van der Waals surface area contributed by atoms with E-state index in [1.165, 1.54) is 5.56 Å². The van der Waals surface area contributed by atoms with Crippen LogP contribution in [0.3, 0.4) is 0 Å². The van der Waals surface area contributed by atoms with Crippen LogP contribution >= 0.6 is 0 Å². The normalized spacial score (nSPS) is 13.0. The van der Waals surface area contributed by atoms with Gasteiger partial charge in [-0.25, -0.2) is 0 Å². The number of hydrogen-bond acceptors (Lipinski definition) is 5. The average molecular weight is 239 g/mol. The van der Waals surface area contributed by atoms with Gasteiger partial charge >= 0.3 is 0 Å². The molecule has 1 atom stereocenters. The Balaban J connectivity index is 2.66. The van der Waals surface area contributed by atoms with E-state index in [9.17, 15) is 0 Å². The second kappa shape index (κ2) is 7.34. The molecule has 0 saturated carbocycles. The fraction of sp³-hybridized carbons (Fsp3) is 0.583. The zero-order valence-corrected chi connectivity index (χ0v) is 10.6. The van der Waals surface area contributed by atoms with Gasteiger partial charge in [0, 0.05) is 32.5 Å². The summed E-state index contributed by atoms with van der Waals surface area (Å²) in [7, 11) is 3.18. The van der Waals surface area contributed by atoms with E-state index >= 15 is 0 Å². The lowest BCUT2D eigenvalue weighted by Crippen LogP contribution is -2.47. The number of hydrogen-bond donors (Lipinski definition) is 2. The second-order valence-corrected chi connectivity index (χ2v) is 3.83. The minimum Gasteiger partial charge on any atom is -0.354 e. The molecule has 0 spiro atoms. The van der Waals surface area contributed by atoms with Gasteiger partial charge in [0.2, 0.25) is 0 Å². The smallest absolute Gasteiger partial charge is 0.173 e. The largest absolute Gasteiger partial charge is 0.354 e. The zero-order valence-electron chi connectivity index (χ0n) is 10.6. The molecule has 1 aromatic heterocycles. The predicted octanol–water partition coefficient (Wildman–Crippen LogP) is 0.637. The summed E-state index contributed by atoms with van der Waals surface area (Å²) >= 11 is 0. The van der Waals surface area contributed by atoms with Gasteiger partial charge in [-0.05, 0) is 18.1 Å². The Labute approximate surface area is 102 Å². The first-order chi connectivity index (χ1) is 8.24. The summed E-state index contributed by atoms with van der Waals surface area (Å²) in [5.74, 6) is 5.49. The third-order valence-electron chi connectivity index (χ3n) is 2.73. The first kappa shape index (κ1) is 14.1. The van der Waals surface area contributed by atoms with E-state index in [0.717, 1.165) is 12.1 Å². The lowest BCUT2D eigenvalue weighted by atomic mass is 10.1. The van der Waals surface area contributed by atoms with Crippen molar-refractivity contribution < 1.29 is 9.47 Å². The highest BCUT2D eigenvalue weighted by molar-refractivity contribution is 5.14. The Bertz CT molecular complexity index is 312. The van der Waals surface area contributed by atoms with Crippen molar-refractivity contribution in [3.63, 3.8) is 0 Å². The number of ether oxygens (including phenoxy) is 2. The fourth-order valence-electron chi connectivity index (χ4n) is 1.67. The van der Waals surface area contributed by atoms with Crippen LogP contribution in [0.2, 0.25) is 0 Å². The molecule has 0 aromatic carbocycles. The topological polar surface area (TPSA) is 69.4 Å². The van der Waals surface area contributed by atoms with Crippen LogP contribution in [0, 0.1) is 0 Å². The van der Waals surface area contributed by atoms with Gasteiger partial charge < -0.3 is 9.47 Å². The van der Waals surface area contributed by atoms with E-state index in [-0.39, 0.29) is 12.3 Å². The van der Waals surface area contributed by atoms with Crippen molar-refractivity contribution in [2.24, 2.45) is 5.84 Å². The molecule has 96 valence electrons. The minimum atomic E-state index is -0.382. The van der Waals surface area contributed by atoms with Crippen LogP contribution in [-0.2, 0) is 22.3 Å². The molecule has 1 rings (SSSR count). The van der Waals surface area contributed by atoms with E-state index < -0.39 is 0 Å². The first-order valence-electron chi connectivity index (χ1n) is 5.70. The van der Waals surface area contributed by atoms with E-state index in [2.05, 4.69) is 23.4 Å². The summed E-state index contributed by atoms with van der Waals surface area (Å²) in [6, 6.07) is 3.96. The van der Waals surface area contributed by atoms with Crippen LogP contribution in [0.5, 0.6) is 0 Å². The molecule has 5 heteroatoms. The van der Waals surface area contributed by atoms with E-state index in [4.69, 9.17) is 15.3 Å². The van der Waals surface area contributed by atoms with Gasteiger partial charge in [-0.15, -0.1) is 0 Å². The number of aromatic nitrogens is 1. The molecular weight excluding hydrogens is 218 g/mol. The second-order valence-electron chi connectivity index (χ2n) is 3.83. The van der Waals surface area contributed by atoms with Crippen molar-refractivity contribution >= 4 is 0 Å². The number of nitrogens with two attached hydrogens (primary N) is 1. The zero-order chi connectivity index (χ0) is 12.7. The Hall–Kier alpha value is -1.01. The minimum absolute atomic E-state index is 0.120. The van der Waals surface area contributed by atoms with Gasteiger partial charge in [0.25, 0.3) is 0 Å². The molecule has 3 N–H and O–H groups in total. The van der Waals surface area contributed by atoms with E-state index in [0.29, 0.717) is 6.42 Å². The van der Waals surface area contributed by atoms with Crippen LogP contribution in [-0.4, -0.2) is 31.5 Å². The maximum absolute atomic E-state index is 5.49. The summed E-state index contributed by atoms with van der Waals surface area (Å²) in [5.41, 5.74) is 4.88. The molecule has 0 bridgehead atoms. The van der Waals surface area contributed by atoms with Gasteiger partial charge in [0.1, 0.15) is 0 Å². The van der Waals surface area contributed by atoms with Crippen molar-refractivity contribution in [1.82, 2.24) is 10.4 Å². The number of pyridine rings is 1. The Morgan fingerprint density at radius 2 is 2.06 bits per heavy atom. The summed E-state index contributed by atoms with van der Waals surface area (Å²) in [6.45, 7) is 2.10.